The molecule has 5 rings (SSSR count). The lowest BCUT2D eigenvalue weighted by Crippen LogP contribution is -2.09. The van der Waals surface area contributed by atoms with Gasteiger partial charge in [-0.25, -0.2) is 14.4 Å². The van der Waals surface area contributed by atoms with Gasteiger partial charge in [0.15, 0.2) is 5.82 Å². The van der Waals surface area contributed by atoms with E-state index in [1.54, 1.807) is 24.5 Å². The van der Waals surface area contributed by atoms with E-state index >= 15 is 0 Å². The average molecular weight is 420 g/mol. The Morgan fingerprint density at radius 3 is 2.31 bits per heavy atom. The normalized spacial score (nSPS) is 11.9. The topological polar surface area (TPSA) is 50.7 Å². The first kappa shape index (κ1) is 19.8. The van der Waals surface area contributed by atoms with Gasteiger partial charge in [0.1, 0.15) is 11.6 Å². The second kappa shape index (κ2) is 8.55. The first-order valence-corrected chi connectivity index (χ1v) is 10.5. The van der Waals surface area contributed by atoms with Crippen LogP contribution in [0.2, 0.25) is 0 Å². The third-order valence-corrected chi connectivity index (χ3v) is 5.45. The summed E-state index contributed by atoms with van der Waals surface area (Å²) in [5.74, 6) is 1.11. The van der Waals surface area contributed by atoms with E-state index in [1.165, 1.54) is 12.1 Å². The highest BCUT2D eigenvalue weighted by Gasteiger charge is 2.14. The van der Waals surface area contributed by atoms with Crippen LogP contribution in [0.1, 0.15) is 18.5 Å². The molecule has 0 aliphatic rings. The van der Waals surface area contributed by atoms with Gasteiger partial charge in [0.2, 0.25) is 0 Å². The zero-order chi connectivity index (χ0) is 21.9. The van der Waals surface area contributed by atoms with E-state index in [9.17, 15) is 4.39 Å². The standard InChI is InChI=1S/C27H21FN4/c1-18(19-6-3-2-4-7-19)30-27-24-16-21(20-9-12-23(28)13-10-20)11-14-25(24)31-26(32-27)22-8-5-15-29-17-22/h2-18H,1H3,(H,30,31,32). The maximum Gasteiger partial charge on any atom is 0.163 e. The smallest absolute Gasteiger partial charge is 0.163 e. The third-order valence-electron chi connectivity index (χ3n) is 5.45. The highest BCUT2D eigenvalue weighted by atomic mass is 19.1. The lowest BCUT2D eigenvalue weighted by atomic mass is 10.0. The summed E-state index contributed by atoms with van der Waals surface area (Å²) < 4.78 is 13.4. The SMILES string of the molecule is CC(Nc1nc(-c2cccnc2)nc2ccc(-c3ccc(F)cc3)cc12)c1ccccc1. The number of benzene rings is 3. The van der Waals surface area contributed by atoms with Gasteiger partial charge >= 0.3 is 0 Å². The fourth-order valence-electron chi connectivity index (χ4n) is 3.71. The number of nitrogens with zero attached hydrogens (tertiary/aromatic N) is 3. The molecular formula is C27H21FN4. The second-order valence-corrected chi connectivity index (χ2v) is 7.65. The Hall–Kier alpha value is -4.12. The Bertz CT molecular complexity index is 1350. The van der Waals surface area contributed by atoms with Gasteiger partial charge in [0, 0.05) is 29.4 Å². The van der Waals surface area contributed by atoms with Gasteiger partial charge < -0.3 is 5.32 Å². The minimum Gasteiger partial charge on any atom is -0.363 e. The fraction of sp³-hybridized carbons (Fsp3) is 0.0741. The second-order valence-electron chi connectivity index (χ2n) is 7.65. The van der Waals surface area contributed by atoms with Crippen LogP contribution in [-0.4, -0.2) is 15.0 Å². The van der Waals surface area contributed by atoms with Crippen molar-refractivity contribution in [2.75, 3.05) is 5.32 Å². The van der Waals surface area contributed by atoms with E-state index in [0.717, 1.165) is 39.0 Å². The van der Waals surface area contributed by atoms with E-state index in [1.807, 2.05) is 42.5 Å². The first-order valence-electron chi connectivity index (χ1n) is 10.5. The molecule has 1 unspecified atom stereocenters. The monoisotopic (exact) mass is 420 g/mol. The molecule has 5 heteroatoms. The van der Waals surface area contributed by atoms with Crippen LogP contribution in [0.25, 0.3) is 33.4 Å². The van der Waals surface area contributed by atoms with Crippen molar-refractivity contribution in [3.8, 4) is 22.5 Å². The first-order chi connectivity index (χ1) is 15.7. The lowest BCUT2D eigenvalue weighted by molar-refractivity contribution is 0.628. The zero-order valence-corrected chi connectivity index (χ0v) is 17.5. The molecule has 2 aromatic heterocycles. The fourth-order valence-corrected chi connectivity index (χ4v) is 3.71. The number of rotatable bonds is 5. The molecule has 32 heavy (non-hydrogen) atoms. The van der Waals surface area contributed by atoms with Crippen molar-refractivity contribution in [1.82, 2.24) is 15.0 Å². The van der Waals surface area contributed by atoms with Crippen molar-refractivity contribution >= 4 is 16.7 Å². The molecule has 156 valence electrons. The molecule has 0 saturated heterocycles. The van der Waals surface area contributed by atoms with Crippen LogP contribution in [0.3, 0.4) is 0 Å². The van der Waals surface area contributed by atoms with Crippen LogP contribution in [0.4, 0.5) is 10.2 Å². The summed E-state index contributed by atoms with van der Waals surface area (Å²) in [6.07, 6.45) is 3.49. The van der Waals surface area contributed by atoms with Gasteiger partial charge in [-0.15, -0.1) is 0 Å². The number of hydrogen-bond acceptors (Lipinski definition) is 4. The van der Waals surface area contributed by atoms with Crippen molar-refractivity contribution in [3.63, 3.8) is 0 Å². The van der Waals surface area contributed by atoms with Crippen LogP contribution in [0.5, 0.6) is 0 Å². The summed E-state index contributed by atoms with van der Waals surface area (Å²) in [5.41, 5.74) is 4.76. The summed E-state index contributed by atoms with van der Waals surface area (Å²) >= 11 is 0. The number of halogens is 1. The van der Waals surface area contributed by atoms with E-state index < -0.39 is 0 Å². The summed E-state index contributed by atoms with van der Waals surface area (Å²) in [5, 5.41) is 4.47. The maximum absolute atomic E-state index is 13.4. The van der Waals surface area contributed by atoms with Crippen molar-refractivity contribution in [1.29, 1.82) is 0 Å². The van der Waals surface area contributed by atoms with Crippen LogP contribution in [-0.2, 0) is 0 Å². The quantitative estimate of drug-likeness (QED) is 0.345. The van der Waals surface area contributed by atoms with Crippen LogP contribution < -0.4 is 5.32 Å². The molecule has 0 fully saturated rings. The number of pyridine rings is 1. The zero-order valence-electron chi connectivity index (χ0n) is 17.5. The Morgan fingerprint density at radius 2 is 1.56 bits per heavy atom. The van der Waals surface area contributed by atoms with Crippen LogP contribution in [0.15, 0.2) is 97.3 Å². The van der Waals surface area contributed by atoms with Gasteiger partial charge in [0.05, 0.1) is 5.52 Å². The molecule has 1 atom stereocenters. The van der Waals surface area contributed by atoms with E-state index in [-0.39, 0.29) is 11.9 Å². The molecule has 0 saturated carbocycles. The van der Waals surface area contributed by atoms with Gasteiger partial charge in [-0.2, -0.15) is 0 Å². The van der Waals surface area contributed by atoms with E-state index in [0.29, 0.717) is 5.82 Å². The Kier molecular flexibility index (Phi) is 5.30. The molecule has 0 aliphatic heterocycles. The largest absolute Gasteiger partial charge is 0.363 e. The number of aromatic nitrogens is 3. The average Bonchev–Trinajstić information content (AvgIpc) is 2.85. The predicted octanol–water partition coefficient (Wildman–Crippen LogP) is 6.67. The molecule has 1 N–H and O–H groups in total. The maximum atomic E-state index is 13.4. The summed E-state index contributed by atoms with van der Waals surface area (Å²) in [6.45, 7) is 2.11. The molecule has 0 bridgehead atoms. The van der Waals surface area contributed by atoms with Gasteiger partial charge in [-0.05, 0) is 60.0 Å². The molecule has 2 heterocycles. The highest BCUT2D eigenvalue weighted by molar-refractivity contribution is 5.94. The summed E-state index contributed by atoms with van der Waals surface area (Å²) in [4.78, 5) is 13.9. The third kappa shape index (κ3) is 4.05. The number of hydrogen-bond donors (Lipinski definition) is 1. The summed E-state index contributed by atoms with van der Waals surface area (Å²) in [6, 6.07) is 26.6. The molecule has 0 radical (unpaired) electrons. The summed E-state index contributed by atoms with van der Waals surface area (Å²) in [7, 11) is 0. The van der Waals surface area contributed by atoms with Crippen molar-refractivity contribution in [2.24, 2.45) is 0 Å². The van der Waals surface area contributed by atoms with Gasteiger partial charge in [-0.3, -0.25) is 4.98 Å². The Labute approximate surface area is 185 Å². The highest BCUT2D eigenvalue weighted by Crippen LogP contribution is 2.31. The van der Waals surface area contributed by atoms with Crippen LogP contribution in [0, 0.1) is 5.82 Å². The minimum absolute atomic E-state index is 0.0468. The van der Waals surface area contributed by atoms with Crippen LogP contribution >= 0.6 is 0 Å². The minimum atomic E-state index is -0.252. The van der Waals surface area contributed by atoms with Gasteiger partial charge in [-0.1, -0.05) is 48.5 Å². The van der Waals surface area contributed by atoms with E-state index in [4.69, 9.17) is 9.97 Å². The number of nitrogens with one attached hydrogen (secondary N) is 1. The van der Waals surface area contributed by atoms with Crippen molar-refractivity contribution in [2.45, 2.75) is 13.0 Å². The molecular weight excluding hydrogens is 399 g/mol. The predicted molar refractivity (Wildman–Crippen MR) is 127 cm³/mol. The van der Waals surface area contributed by atoms with Gasteiger partial charge in [0.25, 0.3) is 0 Å². The molecule has 0 amide bonds. The Balaban J connectivity index is 1.64. The lowest BCUT2D eigenvalue weighted by Gasteiger charge is -2.18. The molecule has 3 aromatic carbocycles. The molecule has 4 nitrogen and oxygen atoms in total. The molecule has 0 spiro atoms. The number of fused-ring (bicyclic) bond motifs is 1. The molecule has 5 aromatic rings. The van der Waals surface area contributed by atoms with E-state index in [2.05, 4.69) is 35.4 Å². The number of anilines is 1. The molecule has 0 aliphatic carbocycles. The Morgan fingerprint density at radius 1 is 0.781 bits per heavy atom. The van der Waals surface area contributed by atoms with Crippen molar-refractivity contribution < 1.29 is 4.39 Å². The van der Waals surface area contributed by atoms with Crippen molar-refractivity contribution in [3.05, 3.63) is 109 Å².